The number of aliphatic carboxylic acids is 1. The first kappa shape index (κ1) is 19.5. The molecule has 0 atom stereocenters. The molecule has 2 aromatic carbocycles. The van der Waals surface area contributed by atoms with Crippen LogP contribution in [0, 0.1) is 0 Å². The van der Waals surface area contributed by atoms with E-state index in [0.29, 0.717) is 19.6 Å². The van der Waals surface area contributed by atoms with Gasteiger partial charge in [0.2, 0.25) is 0 Å². The van der Waals surface area contributed by atoms with Crippen LogP contribution in [0.3, 0.4) is 0 Å². The summed E-state index contributed by atoms with van der Waals surface area (Å²) in [5, 5.41) is 12.2. The van der Waals surface area contributed by atoms with Gasteiger partial charge in [-0.05, 0) is 41.6 Å². The number of amides is 2. The van der Waals surface area contributed by atoms with Crippen molar-refractivity contribution in [3.63, 3.8) is 0 Å². The molecule has 1 fully saturated rings. The van der Waals surface area contributed by atoms with E-state index in [4.69, 9.17) is 5.11 Å². The monoisotopic (exact) mass is 393 g/mol. The van der Waals surface area contributed by atoms with E-state index in [1.54, 1.807) is 0 Å². The number of likely N-dealkylation sites (N-methyl/N-ethyl adjacent to an activating group) is 1. The van der Waals surface area contributed by atoms with Crippen molar-refractivity contribution in [3.8, 4) is 11.1 Å². The van der Waals surface area contributed by atoms with Gasteiger partial charge in [0.1, 0.15) is 0 Å². The van der Waals surface area contributed by atoms with E-state index in [1.807, 2.05) is 41.0 Å². The van der Waals surface area contributed by atoms with Crippen LogP contribution in [0.4, 0.5) is 4.79 Å². The normalized spacial score (nSPS) is 20.3. The molecular formula is C23H27N3O3. The zero-order valence-electron chi connectivity index (χ0n) is 16.7. The van der Waals surface area contributed by atoms with Crippen LogP contribution in [0.15, 0.2) is 48.5 Å². The number of carboxylic acid groups (broad SMARTS) is 1. The van der Waals surface area contributed by atoms with Gasteiger partial charge in [-0.25, -0.2) is 4.79 Å². The summed E-state index contributed by atoms with van der Waals surface area (Å²) in [6.07, 6.45) is 1.60. The van der Waals surface area contributed by atoms with E-state index in [1.165, 1.54) is 11.1 Å². The standard InChI is InChI=1S/C23H27N3O3/c1-2-25(15-22(27)28)19-11-18(12-19)24-23(29)26-13-16-7-3-5-9-20(16)21-10-6-4-8-17(21)14-26/h3-10,18-19H,2,11-15H2,1H3,(H,24,29)(H,27,28). The first-order valence-electron chi connectivity index (χ1n) is 10.2. The van der Waals surface area contributed by atoms with Crippen LogP contribution in [-0.2, 0) is 17.9 Å². The maximum atomic E-state index is 13.0. The van der Waals surface area contributed by atoms with Gasteiger partial charge in [-0.3, -0.25) is 9.69 Å². The second kappa shape index (κ2) is 8.25. The van der Waals surface area contributed by atoms with Crippen LogP contribution in [-0.4, -0.2) is 52.1 Å². The molecule has 6 heteroatoms. The van der Waals surface area contributed by atoms with Gasteiger partial charge in [-0.15, -0.1) is 0 Å². The lowest BCUT2D eigenvalue weighted by atomic mass is 9.85. The molecule has 0 saturated heterocycles. The molecule has 1 heterocycles. The molecule has 0 aromatic heterocycles. The molecule has 0 unspecified atom stereocenters. The van der Waals surface area contributed by atoms with E-state index < -0.39 is 5.97 Å². The van der Waals surface area contributed by atoms with Crippen LogP contribution >= 0.6 is 0 Å². The molecular weight excluding hydrogens is 366 g/mol. The van der Waals surface area contributed by atoms with Crippen molar-refractivity contribution < 1.29 is 14.7 Å². The highest BCUT2D eigenvalue weighted by molar-refractivity contribution is 5.78. The molecule has 4 rings (SSSR count). The van der Waals surface area contributed by atoms with E-state index >= 15 is 0 Å². The Labute approximate surface area is 171 Å². The SMILES string of the molecule is CCN(CC(=O)O)C1CC(NC(=O)N2Cc3ccccc3-c3ccccc3C2)C1. The molecule has 2 N–H and O–H groups in total. The number of benzene rings is 2. The average Bonchev–Trinajstić information content (AvgIpc) is 2.85. The van der Waals surface area contributed by atoms with Crippen molar-refractivity contribution >= 4 is 12.0 Å². The largest absolute Gasteiger partial charge is 0.480 e. The van der Waals surface area contributed by atoms with Crippen LogP contribution < -0.4 is 5.32 Å². The highest BCUT2D eigenvalue weighted by Crippen LogP contribution is 2.33. The van der Waals surface area contributed by atoms with Gasteiger partial charge < -0.3 is 15.3 Å². The van der Waals surface area contributed by atoms with Crippen molar-refractivity contribution in [2.75, 3.05) is 13.1 Å². The highest BCUT2D eigenvalue weighted by atomic mass is 16.4. The van der Waals surface area contributed by atoms with Gasteiger partial charge in [0.15, 0.2) is 0 Å². The number of carbonyl (C=O) groups is 2. The summed E-state index contributed by atoms with van der Waals surface area (Å²) in [7, 11) is 0. The molecule has 2 aliphatic rings. The first-order valence-corrected chi connectivity index (χ1v) is 10.2. The molecule has 2 amide bonds. The van der Waals surface area contributed by atoms with Crippen molar-refractivity contribution in [2.24, 2.45) is 0 Å². The summed E-state index contributed by atoms with van der Waals surface area (Å²) in [4.78, 5) is 27.8. The topological polar surface area (TPSA) is 72.9 Å². The van der Waals surface area contributed by atoms with Gasteiger partial charge in [-0.2, -0.15) is 0 Å². The Morgan fingerprint density at radius 1 is 1.03 bits per heavy atom. The number of carbonyl (C=O) groups excluding carboxylic acids is 1. The zero-order chi connectivity index (χ0) is 20.4. The molecule has 0 radical (unpaired) electrons. The van der Waals surface area contributed by atoms with Crippen molar-refractivity contribution in [3.05, 3.63) is 59.7 Å². The van der Waals surface area contributed by atoms with E-state index in [9.17, 15) is 9.59 Å². The maximum absolute atomic E-state index is 13.0. The Hall–Kier alpha value is -2.86. The number of urea groups is 1. The molecule has 2 aromatic rings. The predicted octanol–water partition coefficient (Wildman–Crippen LogP) is 3.32. The Balaban J connectivity index is 1.42. The Bertz CT molecular complexity index is 860. The number of rotatable bonds is 5. The van der Waals surface area contributed by atoms with Gasteiger partial charge in [0, 0.05) is 25.2 Å². The Morgan fingerprint density at radius 3 is 2.10 bits per heavy atom. The maximum Gasteiger partial charge on any atom is 0.318 e. The minimum atomic E-state index is -0.804. The molecule has 0 bridgehead atoms. The number of carboxylic acids is 1. The predicted molar refractivity (Wildman–Crippen MR) is 111 cm³/mol. The quantitative estimate of drug-likeness (QED) is 0.817. The third kappa shape index (κ3) is 4.12. The van der Waals surface area contributed by atoms with Crippen LogP contribution in [0.25, 0.3) is 11.1 Å². The summed E-state index contributed by atoms with van der Waals surface area (Å²) < 4.78 is 0. The fourth-order valence-corrected chi connectivity index (χ4v) is 4.40. The second-order valence-corrected chi connectivity index (χ2v) is 7.90. The molecule has 0 spiro atoms. The molecule has 1 saturated carbocycles. The number of fused-ring (bicyclic) bond motifs is 3. The summed E-state index contributed by atoms with van der Waals surface area (Å²) in [5.41, 5.74) is 4.68. The third-order valence-corrected chi connectivity index (χ3v) is 6.04. The smallest absolute Gasteiger partial charge is 0.318 e. The first-order chi connectivity index (χ1) is 14.0. The summed E-state index contributed by atoms with van der Waals surface area (Å²) in [6, 6.07) is 16.8. The lowest BCUT2D eigenvalue weighted by Crippen LogP contribution is -2.56. The lowest BCUT2D eigenvalue weighted by molar-refractivity contribution is -0.139. The van der Waals surface area contributed by atoms with Crippen molar-refractivity contribution in [2.45, 2.75) is 44.9 Å². The van der Waals surface area contributed by atoms with E-state index in [0.717, 1.165) is 24.0 Å². The Morgan fingerprint density at radius 2 is 1.59 bits per heavy atom. The Kier molecular flexibility index (Phi) is 5.53. The lowest BCUT2D eigenvalue weighted by Gasteiger charge is -2.42. The molecule has 152 valence electrons. The zero-order valence-corrected chi connectivity index (χ0v) is 16.7. The van der Waals surface area contributed by atoms with Gasteiger partial charge in [-0.1, -0.05) is 55.5 Å². The van der Waals surface area contributed by atoms with Crippen molar-refractivity contribution in [1.29, 1.82) is 0 Å². The second-order valence-electron chi connectivity index (χ2n) is 7.90. The van der Waals surface area contributed by atoms with Gasteiger partial charge in [0.25, 0.3) is 0 Å². The molecule has 6 nitrogen and oxygen atoms in total. The summed E-state index contributed by atoms with van der Waals surface area (Å²) >= 11 is 0. The van der Waals surface area contributed by atoms with Crippen molar-refractivity contribution in [1.82, 2.24) is 15.1 Å². The highest BCUT2D eigenvalue weighted by Gasteiger charge is 2.35. The van der Waals surface area contributed by atoms with Gasteiger partial charge in [0.05, 0.1) is 6.54 Å². The minimum Gasteiger partial charge on any atom is -0.480 e. The summed E-state index contributed by atoms with van der Waals surface area (Å²) in [5.74, 6) is -0.804. The fourth-order valence-electron chi connectivity index (χ4n) is 4.40. The molecule has 29 heavy (non-hydrogen) atoms. The summed E-state index contributed by atoms with van der Waals surface area (Å²) in [6.45, 7) is 3.89. The molecule has 1 aliphatic heterocycles. The van der Waals surface area contributed by atoms with Crippen LogP contribution in [0.2, 0.25) is 0 Å². The van der Waals surface area contributed by atoms with Crippen LogP contribution in [0.5, 0.6) is 0 Å². The van der Waals surface area contributed by atoms with E-state index in [-0.39, 0.29) is 24.7 Å². The number of nitrogens with zero attached hydrogens (tertiary/aromatic N) is 2. The fraction of sp³-hybridized carbons (Fsp3) is 0.391. The third-order valence-electron chi connectivity index (χ3n) is 6.04. The number of nitrogens with one attached hydrogen (secondary N) is 1. The average molecular weight is 393 g/mol. The number of hydrogen-bond donors (Lipinski definition) is 2. The molecule has 1 aliphatic carbocycles. The van der Waals surface area contributed by atoms with Gasteiger partial charge >= 0.3 is 12.0 Å². The minimum absolute atomic E-state index is 0.0544. The number of hydrogen-bond acceptors (Lipinski definition) is 3. The van der Waals surface area contributed by atoms with E-state index in [2.05, 4.69) is 29.6 Å². The van der Waals surface area contributed by atoms with Crippen LogP contribution in [0.1, 0.15) is 30.9 Å².